The molecule has 0 aliphatic carbocycles. The van der Waals surface area contributed by atoms with Gasteiger partial charge in [0.05, 0.1) is 16.3 Å². The molecule has 0 aliphatic heterocycles. The molecule has 0 amide bonds. The molecule has 2 aromatic carbocycles. The van der Waals surface area contributed by atoms with E-state index in [4.69, 9.17) is 0 Å². The Hall–Kier alpha value is -2.80. The van der Waals surface area contributed by atoms with Crippen molar-refractivity contribution in [2.24, 2.45) is 7.05 Å². The van der Waals surface area contributed by atoms with Crippen molar-refractivity contribution in [3.63, 3.8) is 0 Å². The molecular weight excluding hydrogens is 338 g/mol. The minimum atomic E-state index is -3.84. The Labute approximate surface area is 146 Å². The SMILES string of the molecule is Cc1cccc(S(=O)(=O)Nc2c(C)n(C)n(-c3ccccc3)c2=O)c1. The van der Waals surface area contributed by atoms with Crippen LogP contribution in [0.2, 0.25) is 0 Å². The number of aryl methyl sites for hydroxylation is 1. The first-order chi connectivity index (χ1) is 11.8. The fraction of sp³-hybridized carbons (Fsp3) is 0.167. The van der Waals surface area contributed by atoms with E-state index in [0.717, 1.165) is 5.56 Å². The molecule has 0 spiro atoms. The van der Waals surface area contributed by atoms with Crippen LogP contribution in [0.1, 0.15) is 11.3 Å². The van der Waals surface area contributed by atoms with Crippen LogP contribution in [0.25, 0.3) is 5.69 Å². The quantitative estimate of drug-likeness (QED) is 0.780. The molecule has 130 valence electrons. The van der Waals surface area contributed by atoms with Crippen molar-refractivity contribution in [1.29, 1.82) is 0 Å². The van der Waals surface area contributed by atoms with Gasteiger partial charge >= 0.3 is 0 Å². The van der Waals surface area contributed by atoms with E-state index in [1.165, 1.54) is 10.7 Å². The van der Waals surface area contributed by atoms with Gasteiger partial charge in [-0.15, -0.1) is 0 Å². The van der Waals surface area contributed by atoms with E-state index in [0.29, 0.717) is 11.4 Å². The minimum absolute atomic E-state index is 0.0489. The maximum Gasteiger partial charge on any atom is 0.296 e. The van der Waals surface area contributed by atoms with Crippen LogP contribution in [0.4, 0.5) is 5.69 Å². The smallest absolute Gasteiger partial charge is 0.283 e. The van der Waals surface area contributed by atoms with Crippen LogP contribution in [0.15, 0.2) is 64.3 Å². The second-order valence-corrected chi connectivity index (χ2v) is 7.54. The third-order valence-electron chi connectivity index (χ3n) is 4.09. The van der Waals surface area contributed by atoms with Gasteiger partial charge < -0.3 is 0 Å². The molecule has 0 unspecified atom stereocenters. The maximum atomic E-state index is 12.8. The van der Waals surface area contributed by atoms with Gasteiger partial charge in [0.15, 0.2) is 0 Å². The molecule has 3 rings (SSSR count). The van der Waals surface area contributed by atoms with Crippen LogP contribution < -0.4 is 10.3 Å². The Morgan fingerprint density at radius 1 is 0.960 bits per heavy atom. The van der Waals surface area contributed by atoms with Gasteiger partial charge in [0.25, 0.3) is 15.6 Å². The van der Waals surface area contributed by atoms with Gasteiger partial charge in [-0.2, -0.15) is 0 Å². The van der Waals surface area contributed by atoms with Gasteiger partial charge in [0.2, 0.25) is 0 Å². The fourth-order valence-electron chi connectivity index (χ4n) is 2.66. The van der Waals surface area contributed by atoms with E-state index in [1.807, 2.05) is 31.2 Å². The highest BCUT2D eigenvalue weighted by atomic mass is 32.2. The second kappa shape index (κ2) is 6.25. The Morgan fingerprint density at radius 2 is 1.64 bits per heavy atom. The number of benzene rings is 2. The predicted molar refractivity (Wildman–Crippen MR) is 97.7 cm³/mol. The molecule has 1 aromatic heterocycles. The lowest BCUT2D eigenvalue weighted by molar-refractivity contribution is 0.601. The van der Waals surface area contributed by atoms with E-state index >= 15 is 0 Å². The van der Waals surface area contributed by atoms with Gasteiger partial charge in [0.1, 0.15) is 5.69 Å². The number of aromatic nitrogens is 2. The van der Waals surface area contributed by atoms with Crippen LogP contribution >= 0.6 is 0 Å². The number of rotatable bonds is 4. The second-order valence-electron chi connectivity index (χ2n) is 5.86. The molecule has 3 aromatic rings. The summed E-state index contributed by atoms with van der Waals surface area (Å²) in [4.78, 5) is 12.9. The minimum Gasteiger partial charge on any atom is -0.283 e. The van der Waals surface area contributed by atoms with Crippen molar-refractivity contribution < 1.29 is 8.42 Å². The number of hydrogen-bond donors (Lipinski definition) is 1. The van der Waals surface area contributed by atoms with E-state index < -0.39 is 15.6 Å². The standard InChI is InChI=1S/C18H19N3O3S/c1-13-8-7-11-16(12-13)25(23,24)19-17-14(2)20(3)21(18(17)22)15-9-5-4-6-10-15/h4-12,19H,1-3H3. The normalized spacial score (nSPS) is 11.5. The molecule has 0 atom stereocenters. The zero-order chi connectivity index (χ0) is 18.2. The first-order valence-corrected chi connectivity index (χ1v) is 9.23. The van der Waals surface area contributed by atoms with Gasteiger partial charge in [-0.05, 0) is 43.7 Å². The molecule has 1 N–H and O–H groups in total. The number of para-hydroxylation sites is 1. The van der Waals surface area contributed by atoms with Crippen molar-refractivity contribution in [3.8, 4) is 5.69 Å². The van der Waals surface area contributed by atoms with Crippen molar-refractivity contribution >= 4 is 15.7 Å². The molecule has 0 bridgehead atoms. The summed E-state index contributed by atoms with van der Waals surface area (Å²) in [5.74, 6) is 0. The first-order valence-electron chi connectivity index (χ1n) is 7.75. The summed E-state index contributed by atoms with van der Waals surface area (Å²) in [7, 11) is -2.13. The van der Waals surface area contributed by atoms with E-state index in [9.17, 15) is 13.2 Å². The summed E-state index contributed by atoms with van der Waals surface area (Å²) in [6, 6.07) is 15.6. The molecule has 25 heavy (non-hydrogen) atoms. The summed E-state index contributed by atoms with van der Waals surface area (Å²) >= 11 is 0. The molecular formula is C18H19N3O3S. The average Bonchev–Trinajstić information content (AvgIpc) is 2.79. The molecule has 0 aliphatic rings. The topological polar surface area (TPSA) is 73.1 Å². The number of hydrogen-bond acceptors (Lipinski definition) is 3. The van der Waals surface area contributed by atoms with E-state index in [1.54, 1.807) is 42.9 Å². The van der Waals surface area contributed by atoms with Crippen LogP contribution in [-0.2, 0) is 17.1 Å². The average molecular weight is 357 g/mol. The predicted octanol–water partition coefficient (Wildman–Crippen LogP) is 2.59. The lowest BCUT2D eigenvalue weighted by Crippen LogP contribution is -2.23. The first kappa shape index (κ1) is 17.0. The number of nitrogens with zero attached hydrogens (tertiary/aromatic N) is 2. The third kappa shape index (κ3) is 3.10. The largest absolute Gasteiger partial charge is 0.296 e. The summed E-state index contributed by atoms with van der Waals surface area (Å²) < 4.78 is 30.8. The molecule has 1 heterocycles. The van der Waals surface area contributed by atoms with Crippen LogP contribution in [0.5, 0.6) is 0 Å². The molecule has 0 fully saturated rings. The van der Waals surface area contributed by atoms with E-state index in [2.05, 4.69) is 4.72 Å². The van der Waals surface area contributed by atoms with Gasteiger partial charge in [0, 0.05) is 7.05 Å². The van der Waals surface area contributed by atoms with Crippen molar-refractivity contribution in [2.45, 2.75) is 18.7 Å². The Kier molecular flexibility index (Phi) is 4.26. The molecule has 0 radical (unpaired) electrons. The zero-order valence-electron chi connectivity index (χ0n) is 14.2. The summed E-state index contributed by atoms with van der Waals surface area (Å²) in [6.07, 6.45) is 0. The Morgan fingerprint density at radius 3 is 2.28 bits per heavy atom. The van der Waals surface area contributed by atoms with E-state index in [-0.39, 0.29) is 10.6 Å². The Bertz CT molecular complexity index is 1080. The van der Waals surface area contributed by atoms with Gasteiger partial charge in [-0.1, -0.05) is 30.3 Å². The lowest BCUT2D eigenvalue weighted by Gasteiger charge is -2.08. The fourth-order valence-corrected chi connectivity index (χ4v) is 3.88. The highest BCUT2D eigenvalue weighted by Gasteiger charge is 2.22. The monoisotopic (exact) mass is 357 g/mol. The van der Waals surface area contributed by atoms with Crippen LogP contribution in [0.3, 0.4) is 0 Å². The van der Waals surface area contributed by atoms with Crippen LogP contribution in [0, 0.1) is 13.8 Å². The summed E-state index contributed by atoms with van der Waals surface area (Å²) in [6.45, 7) is 3.52. The number of sulfonamides is 1. The highest BCUT2D eigenvalue weighted by Crippen LogP contribution is 2.19. The maximum absolute atomic E-state index is 12.8. The Balaban J connectivity index is 2.09. The molecule has 0 saturated carbocycles. The van der Waals surface area contributed by atoms with Crippen molar-refractivity contribution in [3.05, 3.63) is 76.2 Å². The van der Waals surface area contributed by atoms with Crippen molar-refractivity contribution in [2.75, 3.05) is 4.72 Å². The molecule has 7 heteroatoms. The molecule has 0 saturated heterocycles. The third-order valence-corrected chi connectivity index (χ3v) is 5.44. The number of nitrogens with one attached hydrogen (secondary N) is 1. The zero-order valence-corrected chi connectivity index (χ0v) is 15.0. The van der Waals surface area contributed by atoms with Crippen molar-refractivity contribution in [1.82, 2.24) is 9.36 Å². The van der Waals surface area contributed by atoms with Gasteiger partial charge in [-0.3, -0.25) is 14.2 Å². The number of anilines is 1. The molecule has 6 nitrogen and oxygen atoms in total. The van der Waals surface area contributed by atoms with Gasteiger partial charge in [-0.25, -0.2) is 13.1 Å². The lowest BCUT2D eigenvalue weighted by atomic mass is 10.2. The summed E-state index contributed by atoms with van der Waals surface area (Å²) in [5, 5.41) is 0. The van der Waals surface area contributed by atoms with Crippen LogP contribution in [-0.4, -0.2) is 17.8 Å². The summed E-state index contributed by atoms with van der Waals surface area (Å²) in [5.41, 5.74) is 1.66. The highest BCUT2D eigenvalue weighted by molar-refractivity contribution is 7.92.